The number of aryl methyl sites for hydroxylation is 2. The molecule has 2 aliphatic rings. The lowest BCUT2D eigenvalue weighted by Crippen LogP contribution is -2.40. The smallest absolute Gasteiger partial charge is 0.154 e. The van der Waals surface area contributed by atoms with Crippen LogP contribution in [0.3, 0.4) is 0 Å². The van der Waals surface area contributed by atoms with E-state index < -0.39 is 0 Å². The van der Waals surface area contributed by atoms with Crippen molar-refractivity contribution < 1.29 is 4.74 Å². The van der Waals surface area contributed by atoms with Crippen molar-refractivity contribution >= 4 is 0 Å². The fraction of sp³-hybridized carbons (Fsp3) is 0.435. The second-order valence-corrected chi connectivity index (χ2v) is 8.12. The van der Waals surface area contributed by atoms with Crippen LogP contribution in [0.2, 0.25) is 0 Å². The molecule has 2 fully saturated rings. The van der Waals surface area contributed by atoms with E-state index in [1.54, 1.807) is 0 Å². The van der Waals surface area contributed by atoms with E-state index in [1.807, 2.05) is 18.5 Å². The van der Waals surface area contributed by atoms with Crippen molar-refractivity contribution in [3.05, 3.63) is 71.1 Å². The predicted molar refractivity (Wildman–Crippen MR) is 111 cm³/mol. The van der Waals surface area contributed by atoms with Crippen LogP contribution >= 0.6 is 0 Å². The largest absolute Gasteiger partial charge is 0.379 e. The minimum absolute atomic E-state index is 0.00853. The molecule has 0 bridgehead atoms. The fourth-order valence-corrected chi connectivity index (χ4v) is 3.98. The number of nitrogens with zero attached hydrogens (tertiary/aromatic N) is 5. The van der Waals surface area contributed by atoms with Gasteiger partial charge in [-0.25, -0.2) is 9.67 Å². The molecular weight excluding hydrogens is 362 g/mol. The molecule has 6 nitrogen and oxygen atoms in total. The second kappa shape index (κ2) is 7.69. The zero-order valence-corrected chi connectivity index (χ0v) is 17.1. The lowest BCUT2D eigenvalue weighted by Gasteiger charge is -2.34. The Morgan fingerprint density at radius 2 is 1.90 bits per heavy atom. The second-order valence-electron chi connectivity index (χ2n) is 8.12. The van der Waals surface area contributed by atoms with Gasteiger partial charge >= 0.3 is 0 Å². The molecule has 29 heavy (non-hydrogen) atoms. The maximum atomic E-state index is 5.62. The highest BCUT2D eigenvalue weighted by molar-refractivity contribution is 5.41. The Kier molecular flexibility index (Phi) is 4.89. The Hall–Kier alpha value is -2.57. The number of rotatable bonds is 5. The summed E-state index contributed by atoms with van der Waals surface area (Å²) in [5.74, 6) is 2.45. The topological polar surface area (TPSA) is 56.1 Å². The van der Waals surface area contributed by atoms with Gasteiger partial charge in [0.15, 0.2) is 11.6 Å². The van der Waals surface area contributed by atoms with E-state index in [-0.39, 0.29) is 6.04 Å². The number of morpholine rings is 1. The number of hydrogen-bond donors (Lipinski definition) is 0. The molecule has 0 spiro atoms. The van der Waals surface area contributed by atoms with Crippen LogP contribution in [0.25, 0.3) is 5.69 Å². The minimum Gasteiger partial charge on any atom is -0.379 e. The van der Waals surface area contributed by atoms with E-state index in [0.717, 1.165) is 49.2 Å². The van der Waals surface area contributed by atoms with Crippen LogP contribution in [-0.2, 0) is 4.74 Å². The quantitative estimate of drug-likeness (QED) is 0.668. The fourth-order valence-electron chi connectivity index (χ4n) is 3.98. The molecule has 1 aliphatic carbocycles. The maximum Gasteiger partial charge on any atom is 0.154 e. The molecule has 3 aromatic rings. The van der Waals surface area contributed by atoms with E-state index in [2.05, 4.69) is 52.7 Å². The first-order valence-corrected chi connectivity index (χ1v) is 10.5. The molecule has 0 N–H and O–H groups in total. The molecule has 1 saturated carbocycles. The summed E-state index contributed by atoms with van der Waals surface area (Å²) in [6, 6.07) is 10.7. The summed E-state index contributed by atoms with van der Waals surface area (Å²) in [5.41, 5.74) is 4.77. The molecule has 0 radical (unpaired) electrons. The molecule has 5 rings (SSSR count). The zero-order chi connectivity index (χ0) is 19.8. The van der Waals surface area contributed by atoms with Crippen molar-refractivity contribution in [1.82, 2.24) is 24.6 Å². The first-order chi connectivity index (χ1) is 14.2. The zero-order valence-electron chi connectivity index (χ0n) is 17.1. The summed E-state index contributed by atoms with van der Waals surface area (Å²) in [6.45, 7) is 7.52. The molecule has 1 atom stereocenters. The summed E-state index contributed by atoms with van der Waals surface area (Å²) in [4.78, 5) is 11.9. The molecule has 1 aliphatic heterocycles. The first-order valence-electron chi connectivity index (χ1n) is 10.5. The highest BCUT2D eigenvalue weighted by atomic mass is 16.5. The number of benzene rings is 1. The van der Waals surface area contributed by atoms with Crippen molar-refractivity contribution in [2.24, 2.45) is 0 Å². The van der Waals surface area contributed by atoms with Gasteiger partial charge in [0.25, 0.3) is 0 Å². The van der Waals surface area contributed by atoms with Crippen molar-refractivity contribution in [3.63, 3.8) is 0 Å². The van der Waals surface area contributed by atoms with E-state index in [4.69, 9.17) is 14.8 Å². The van der Waals surface area contributed by atoms with Crippen molar-refractivity contribution in [2.75, 3.05) is 26.3 Å². The van der Waals surface area contributed by atoms with Crippen LogP contribution in [0.4, 0.5) is 0 Å². The molecule has 0 amide bonds. The van der Waals surface area contributed by atoms with E-state index >= 15 is 0 Å². The summed E-state index contributed by atoms with van der Waals surface area (Å²) in [5, 5.41) is 4.98. The lowest BCUT2D eigenvalue weighted by atomic mass is 10.1. The summed E-state index contributed by atoms with van der Waals surface area (Å²) < 4.78 is 7.68. The Morgan fingerprint density at radius 1 is 1.07 bits per heavy atom. The predicted octanol–water partition coefficient (Wildman–Crippen LogP) is 3.58. The van der Waals surface area contributed by atoms with Crippen LogP contribution in [-0.4, -0.2) is 51.0 Å². The Labute approximate surface area is 171 Å². The maximum absolute atomic E-state index is 5.62. The van der Waals surface area contributed by atoms with Crippen molar-refractivity contribution in [2.45, 2.75) is 38.6 Å². The van der Waals surface area contributed by atoms with Crippen LogP contribution in [0.5, 0.6) is 0 Å². The summed E-state index contributed by atoms with van der Waals surface area (Å²) >= 11 is 0. The van der Waals surface area contributed by atoms with Crippen LogP contribution in [0, 0.1) is 13.8 Å². The third kappa shape index (κ3) is 3.70. The standard InChI is InChI=1S/C23H27N5O/c1-16-5-8-20(14-17(16)2)28-23(25-22(26-28)18-6-7-18)21(19-4-3-9-24-15-19)27-10-12-29-13-11-27/h3-5,8-9,14-15,18,21H,6-7,10-13H2,1-2H3/t21-/m0/s1. The van der Waals surface area contributed by atoms with Crippen molar-refractivity contribution in [3.8, 4) is 5.69 Å². The average molecular weight is 390 g/mol. The van der Waals surface area contributed by atoms with Gasteiger partial charge in [-0.05, 0) is 61.6 Å². The summed E-state index contributed by atoms with van der Waals surface area (Å²) in [6.07, 6.45) is 6.15. The van der Waals surface area contributed by atoms with Gasteiger partial charge in [0.05, 0.1) is 24.9 Å². The van der Waals surface area contributed by atoms with E-state index in [0.29, 0.717) is 5.92 Å². The van der Waals surface area contributed by atoms with Gasteiger partial charge < -0.3 is 4.74 Å². The highest BCUT2D eigenvalue weighted by Crippen LogP contribution is 2.40. The van der Waals surface area contributed by atoms with Gasteiger partial charge in [-0.2, -0.15) is 5.10 Å². The summed E-state index contributed by atoms with van der Waals surface area (Å²) in [7, 11) is 0. The molecule has 6 heteroatoms. The SMILES string of the molecule is Cc1ccc(-n2nc(C3CC3)nc2[C@H](c2cccnc2)N2CCOCC2)cc1C. The molecular formula is C23H27N5O. The number of ether oxygens (including phenoxy) is 1. The normalized spacial score (nSPS) is 18.7. The van der Waals surface area contributed by atoms with Gasteiger partial charge in [-0.3, -0.25) is 9.88 Å². The molecule has 3 heterocycles. The Balaban J connectivity index is 1.65. The molecule has 1 aromatic carbocycles. The lowest BCUT2D eigenvalue weighted by molar-refractivity contribution is 0.0220. The first kappa shape index (κ1) is 18.5. The van der Waals surface area contributed by atoms with Gasteiger partial charge in [0, 0.05) is 31.4 Å². The Bertz CT molecular complexity index is 990. The third-order valence-electron chi connectivity index (χ3n) is 5.98. The average Bonchev–Trinajstić information content (AvgIpc) is 3.52. The van der Waals surface area contributed by atoms with Gasteiger partial charge in [0.1, 0.15) is 0 Å². The molecule has 2 aromatic heterocycles. The minimum atomic E-state index is 0.00853. The van der Waals surface area contributed by atoms with Gasteiger partial charge in [-0.15, -0.1) is 0 Å². The van der Waals surface area contributed by atoms with Crippen LogP contribution < -0.4 is 0 Å². The van der Waals surface area contributed by atoms with E-state index in [1.165, 1.54) is 24.0 Å². The molecule has 150 valence electrons. The van der Waals surface area contributed by atoms with Crippen LogP contribution in [0.1, 0.15) is 53.1 Å². The Morgan fingerprint density at radius 3 is 2.59 bits per heavy atom. The van der Waals surface area contributed by atoms with Gasteiger partial charge in [0.2, 0.25) is 0 Å². The number of aromatic nitrogens is 4. The number of pyridine rings is 1. The van der Waals surface area contributed by atoms with Crippen LogP contribution in [0.15, 0.2) is 42.7 Å². The number of hydrogen-bond acceptors (Lipinski definition) is 5. The van der Waals surface area contributed by atoms with Crippen molar-refractivity contribution in [1.29, 1.82) is 0 Å². The van der Waals surface area contributed by atoms with Gasteiger partial charge in [-0.1, -0.05) is 12.1 Å². The molecule has 1 saturated heterocycles. The highest BCUT2D eigenvalue weighted by Gasteiger charge is 2.34. The molecule has 0 unspecified atom stereocenters. The van der Waals surface area contributed by atoms with E-state index in [9.17, 15) is 0 Å². The monoisotopic (exact) mass is 389 g/mol. The third-order valence-corrected chi connectivity index (χ3v) is 5.98.